The van der Waals surface area contributed by atoms with Gasteiger partial charge in [-0.25, -0.2) is 14.4 Å². The predicted molar refractivity (Wildman–Crippen MR) is 34.7 cm³/mol. The molecule has 0 spiro atoms. The van der Waals surface area contributed by atoms with Gasteiger partial charge in [0.25, 0.3) is 0 Å². The van der Waals surface area contributed by atoms with Gasteiger partial charge in [0.2, 0.25) is 0 Å². The Hall–Kier alpha value is -1.79. The first kappa shape index (κ1) is 12.8. The Morgan fingerprint density at radius 1 is 0.917 bits per heavy atom. The number of carbonyl (C=O) groups excluding carboxylic acids is 2. The zero-order valence-electron chi connectivity index (χ0n) is 6.44. The third-order valence-corrected chi connectivity index (χ3v) is 0.537. The lowest BCUT2D eigenvalue weighted by Gasteiger charge is -1.92. The largest absolute Gasteiger partial charge is 0.503 e. The number of hydrogen-bond donors (Lipinski definition) is 2. The van der Waals surface area contributed by atoms with E-state index < -0.39 is 18.1 Å². The quantitative estimate of drug-likeness (QED) is 0.383. The molecule has 0 fully saturated rings. The van der Waals surface area contributed by atoms with Crippen LogP contribution in [0.1, 0.15) is 0 Å². The summed E-state index contributed by atoms with van der Waals surface area (Å²) in [5.41, 5.74) is 0. The molecule has 0 unspecified atom stereocenters. The molecule has 0 aliphatic heterocycles. The number of ether oxygens (including phenoxy) is 2. The molecule has 0 saturated heterocycles. The Bertz CT molecular complexity index is 155. The van der Waals surface area contributed by atoms with Gasteiger partial charge >= 0.3 is 18.1 Å². The number of esters is 2. The third-order valence-electron chi connectivity index (χ3n) is 0.537. The second-order valence-corrected chi connectivity index (χ2v) is 1.27. The monoisotopic (exact) mass is 180 g/mol. The van der Waals surface area contributed by atoms with E-state index in [9.17, 15) is 9.59 Å². The predicted octanol–water partition coefficient (Wildman–Crippen LogP) is -0.445. The van der Waals surface area contributed by atoms with Gasteiger partial charge in [-0.05, 0) is 0 Å². The molecule has 7 heteroatoms. The summed E-state index contributed by atoms with van der Waals surface area (Å²) in [5.74, 6) is -1.96. The first-order valence-electron chi connectivity index (χ1n) is 2.53. The maximum absolute atomic E-state index is 10.0. The second kappa shape index (κ2) is 7.32. The Kier molecular flexibility index (Phi) is 7.84. The van der Waals surface area contributed by atoms with Crippen LogP contribution in [0.25, 0.3) is 0 Å². The van der Waals surface area contributed by atoms with E-state index in [0.29, 0.717) is 0 Å². The van der Waals surface area contributed by atoms with Crippen molar-refractivity contribution in [3.8, 4) is 0 Å². The lowest BCUT2D eigenvalue weighted by Crippen LogP contribution is -2.16. The number of carboxylic acid groups (broad SMARTS) is 2. The van der Waals surface area contributed by atoms with Gasteiger partial charge in [-0.3, -0.25) is 0 Å². The van der Waals surface area contributed by atoms with Crippen LogP contribution in [0.5, 0.6) is 0 Å². The van der Waals surface area contributed by atoms with Gasteiger partial charge < -0.3 is 19.7 Å². The molecule has 0 aliphatic carbocycles. The summed E-state index contributed by atoms with van der Waals surface area (Å²) in [5, 5.41) is 13.9. The summed E-state index contributed by atoms with van der Waals surface area (Å²) in [7, 11) is 2.22. The van der Waals surface area contributed by atoms with Crippen molar-refractivity contribution >= 4 is 18.1 Å². The lowest BCUT2D eigenvalue weighted by atomic mass is 10.7. The highest BCUT2D eigenvalue weighted by molar-refractivity contribution is 6.29. The highest BCUT2D eigenvalue weighted by atomic mass is 16.6. The van der Waals surface area contributed by atoms with E-state index in [4.69, 9.17) is 15.0 Å². The normalized spacial score (nSPS) is 7.17. The van der Waals surface area contributed by atoms with E-state index in [1.165, 1.54) is 0 Å². The number of hydrogen-bond acceptors (Lipinski definition) is 5. The van der Waals surface area contributed by atoms with Gasteiger partial charge in [0.15, 0.2) is 0 Å². The molecule has 0 rings (SSSR count). The van der Waals surface area contributed by atoms with Gasteiger partial charge in [-0.2, -0.15) is 0 Å². The molecule has 0 bridgehead atoms. The number of rotatable bonds is 0. The van der Waals surface area contributed by atoms with Gasteiger partial charge in [-0.1, -0.05) is 0 Å². The Labute approximate surface area is 67.5 Å². The number of carbonyl (C=O) groups is 3. The number of methoxy groups -OCH3 is 2. The Morgan fingerprint density at radius 2 is 1.08 bits per heavy atom. The average molecular weight is 180 g/mol. The maximum Gasteiger partial charge on any atom is 0.503 e. The van der Waals surface area contributed by atoms with E-state index in [1.54, 1.807) is 0 Å². The van der Waals surface area contributed by atoms with Crippen LogP contribution >= 0.6 is 0 Å². The molecule has 0 aliphatic rings. The zero-order chi connectivity index (χ0) is 10.1. The van der Waals surface area contributed by atoms with Crippen molar-refractivity contribution in [2.45, 2.75) is 0 Å². The van der Waals surface area contributed by atoms with Crippen LogP contribution in [0.4, 0.5) is 4.79 Å². The van der Waals surface area contributed by atoms with Crippen molar-refractivity contribution in [3.05, 3.63) is 0 Å². The molecule has 7 nitrogen and oxygen atoms in total. The Morgan fingerprint density at radius 3 is 1.17 bits per heavy atom. The molecule has 0 aromatic heterocycles. The SMILES string of the molecule is COC(=O)C(=O)OC.O=C(O)O. The van der Waals surface area contributed by atoms with Crippen LogP contribution in [-0.2, 0) is 19.1 Å². The average Bonchev–Trinajstić information content (AvgIpc) is 2.00. The van der Waals surface area contributed by atoms with Gasteiger partial charge in [0.05, 0.1) is 14.2 Å². The molecule has 0 aromatic rings. The minimum atomic E-state index is -1.83. The fraction of sp³-hybridized carbons (Fsp3) is 0.400. The summed E-state index contributed by atoms with van der Waals surface area (Å²) in [6.45, 7) is 0. The van der Waals surface area contributed by atoms with Crippen LogP contribution in [0.3, 0.4) is 0 Å². The molecule has 0 saturated carbocycles. The zero-order valence-corrected chi connectivity index (χ0v) is 6.44. The molecule has 0 heterocycles. The van der Waals surface area contributed by atoms with Crippen molar-refractivity contribution in [2.75, 3.05) is 14.2 Å². The van der Waals surface area contributed by atoms with E-state index in [-0.39, 0.29) is 0 Å². The van der Waals surface area contributed by atoms with Crippen LogP contribution < -0.4 is 0 Å². The van der Waals surface area contributed by atoms with Crippen molar-refractivity contribution < 1.29 is 34.1 Å². The van der Waals surface area contributed by atoms with E-state index in [1.807, 2.05) is 0 Å². The highest BCUT2D eigenvalue weighted by Crippen LogP contribution is 1.75. The summed E-state index contributed by atoms with van der Waals surface area (Å²) in [4.78, 5) is 28.6. The van der Waals surface area contributed by atoms with Gasteiger partial charge in [-0.15, -0.1) is 0 Å². The first-order chi connectivity index (χ1) is 5.45. The Balaban J connectivity index is 0. The van der Waals surface area contributed by atoms with Crippen LogP contribution in [0.15, 0.2) is 0 Å². The van der Waals surface area contributed by atoms with Gasteiger partial charge in [0.1, 0.15) is 0 Å². The molecule has 0 atom stereocenters. The second-order valence-electron chi connectivity index (χ2n) is 1.27. The fourth-order valence-corrected chi connectivity index (χ4v) is 0.167. The summed E-state index contributed by atoms with van der Waals surface area (Å²) < 4.78 is 7.98. The minimum absolute atomic E-state index is 0.979. The molecule has 0 aromatic carbocycles. The van der Waals surface area contributed by atoms with Crippen LogP contribution in [0.2, 0.25) is 0 Å². The topological polar surface area (TPSA) is 110 Å². The molecule has 2 N–H and O–H groups in total. The maximum atomic E-state index is 10.0. The van der Waals surface area contributed by atoms with Crippen LogP contribution in [-0.4, -0.2) is 42.5 Å². The molecular formula is C5H8O7. The van der Waals surface area contributed by atoms with Crippen molar-refractivity contribution in [3.63, 3.8) is 0 Å². The van der Waals surface area contributed by atoms with Crippen molar-refractivity contribution in [1.82, 2.24) is 0 Å². The molecule has 0 amide bonds. The first-order valence-corrected chi connectivity index (χ1v) is 2.53. The summed E-state index contributed by atoms with van der Waals surface area (Å²) in [6.07, 6.45) is -1.83. The smallest absolute Gasteiger partial charge is 0.461 e. The molecule has 12 heavy (non-hydrogen) atoms. The van der Waals surface area contributed by atoms with E-state index in [2.05, 4.69) is 9.47 Å². The van der Waals surface area contributed by atoms with Crippen molar-refractivity contribution in [2.24, 2.45) is 0 Å². The third kappa shape index (κ3) is 11.1. The minimum Gasteiger partial charge on any atom is -0.461 e. The molecule has 70 valence electrons. The van der Waals surface area contributed by atoms with E-state index >= 15 is 0 Å². The highest BCUT2D eigenvalue weighted by Gasteiger charge is 2.11. The summed E-state index contributed by atoms with van der Waals surface area (Å²) >= 11 is 0. The molecule has 0 radical (unpaired) electrons. The van der Waals surface area contributed by atoms with Crippen LogP contribution in [0, 0.1) is 0 Å². The lowest BCUT2D eigenvalue weighted by molar-refractivity contribution is -0.164. The van der Waals surface area contributed by atoms with Crippen molar-refractivity contribution in [1.29, 1.82) is 0 Å². The van der Waals surface area contributed by atoms with E-state index in [0.717, 1.165) is 14.2 Å². The standard InChI is InChI=1S/C4H6O4.CH2O3/c1-7-3(5)4(6)8-2;2-1(3)4/h1-2H3;(H2,2,3,4). The fourth-order valence-electron chi connectivity index (χ4n) is 0.167. The summed E-state index contributed by atoms with van der Waals surface area (Å²) in [6, 6.07) is 0. The molecular weight excluding hydrogens is 172 g/mol. The van der Waals surface area contributed by atoms with Gasteiger partial charge in [0, 0.05) is 0 Å².